The van der Waals surface area contributed by atoms with Crippen molar-refractivity contribution >= 4 is 11.8 Å². The summed E-state index contributed by atoms with van der Waals surface area (Å²) >= 11 is 0. The smallest absolute Gasteiger partial charge is 0.351 e. The number of alkyl halides is 3. The molecule has 0 amide bonds. The van der Waals surface area contributed by atoms with Crippen LogP contribution in [0.2, 0.25) is 0 Å². The molecule has 1 aliphatic rings. The van der Waals surface area contributed by atoms with E-state index in [9.17, 15) is 17.6 Å². The zero-order valence-electron chi connectivity index (χ0n) is 13.5. The van der Waals surface area contributed by atoms with Crippen molar-refractivity contribution in [2.75, 3.05) is 36.0 Å². The number of hydrogen-bond acceptors (Lipinski definition) is 6. The lowest BCUT2D eigenvalue weighted by Gasteiger charge is -2.35. The summed E-state index contributed by atoms with van der Waals surface area (Å²) in [4.78, 5) is 18.8. The summed E-state index contributed by atoms with van der Waals surface area (Å²) in [6.45, 7) is 3.34. The van der Waals surface area contributed by atoms with Gasteiger partial charge in [-0.25, -0.2) is 24.3 Å². The van der Waals surface area contributed by atoms with Gasteiger partial charge in [0.15, 0.2) is 11.6 Å². The van der Waals surface area contributed by atoms with Gasteiger partial charge in [0.2, 0.25) is 5.95 Å². The van der Waals surface area contributed by atoms with E-state index in [0.717, 1.165) is 12.3 Å². The fraction of sp³-hybridized carbons (Fsp3) is 0.467. The molecular formula is C15H16F4N6. The molecule has 0 unspecified atom stereocenters. The van der Waals surface area contributed by atoms with E-state index in [4.69, 9.17) is 0 Å². The molecule has 25 heavy (non-hydrogen) atoms. The molecule has 0 aliphatic carbocycles. The first kappa shape index (κ1) is 17.3. The van der Waals surface area contributed by atoms with Crippen LogP contribution < -0.4 is 9.80 Å². The molecule has 0 aromatic carbocycles. The number of hydrogen-bond donors (Lipinski definition) is 0. The van der Waals surface area contributed by atoms with E-state index in [1.54, 1.807) is 16.7 Å². The molecule has 2 aromatic heterocycles. The van der Waals surface area contributed by atoms with Gasteiger partial charge in [0.25, 0.3) is 0 Å². The highest BCUT2D eigenvalue weighted by Gasteiger charge is 2.33. The van der Waals surface area contributed by atoms with Crippen LogP contribution >= 0.6 is 0 Å². The summed E-state index contributed by atoms with van der Waals surface area (Å²) in [7, 11) is 0. The maximum Gasteiger partial charge on any atom is 0.433 e. The summed E-state index contributed by atoms with van der Waals surface area (Å²) in [6, 6.07) is 0.836. The van der Waals surface area contributed by atoms with Crippen LogP contribution in [-0.4, -0.2) is 46.1 Å². The second-order valence-corrected chi connectivity index (χ2v) is 5.53. The molecule has 10 heteroatoms. The normalized spacial score (nSPS) is 15.6. The molecule has 0 radical (unpaired) electrons. The van der Waals surface area contributed by atoms with Gasteiger partial charge in [-0.2, -0.15) is 13.2 Å². The molecule has 1 saturated heterocycles. The Balaban J connectivity index is 1.72. The Labute approximate surface area is 141 Å². The van der Waals surface area contributed by atoms with Crippen molar-refractivity contribution in [3.63, 3.8) is 0 Å². The Hall–Kier alpha value is -2.52. The predicted molar refractivity (Wildman–Crippen MR) is 82.8 cm³/mol. The average Bonchev–Trinajstić information content (AvgIpc) is 2.61. The maximum absolute atomic E-state index is 14.3. The first-order valence-electron chi connectivity index (χ1n) is 7.79. The molecule has 3 rings (SSSR count). The fourth-order valence-electron chi connectivity index (χ4n) is 2.64. The van der Waals surface area contributed by atoms with Crippen molar-refractivity contribution in [2.45, 2.75) is 19.5 Å². The van der Waals surface area contributed by atoms with Crippen molar-refractivity contribution < 1.29 is 17.6 Å². The van der Waals surface area contributed by atoms with Crippen LogP contribution in [0.5, 0.6) is 0 Å². The van der Waals surface area contributed by atoms with Crippen LogP contribution in [0.3, 0.4) is 0 Å². The second kappa shape index (κ2) is 6.77. The number of aryl methyl sites for hydroxylation is 1. The third-order valence-corrected chi connectivity index (χ3v) is 3.97. The lowest BCUT2D eigenvalue weighted by atomic mass is 10.2. The monoisotopic (exact) mass is 356 g/mol. The van der Waals surface area contributed by atoms with Gasteiger partial charge in [0.05, 0.1) is 5.69 Å². The van der Waals surface area contributed by atoms with E-state index in [2.05, 4.69) is 19.9 Å². The third-order valence-electron chi connectivity index (χ3n) is 3.97. The van der Waals surface area contributed by atoms with Gasteiger partial charge < -0.3 is 9.80 Å². The molecule has 1 aliphatic heterocycles. The molecule has 0 N–H and O–H groups in total. The molecule has 6 nitrogen and oxygen atoms in total. The Morgan fingerprint density at radius 3 is 2.36 bits per heavy atom. The first-order chi connectivity index (χ1) is 11.9. The summed E-state index contributed by atoms with van der Waals surface area (Å²) in [5, 5.41) is 0. The molecule has 3 heterocycles. The van der Waals surface area contributed by atoms with Crippen molar-refractivity contribution in [3.05, 3.63) is 35.8 Å². The molecular weight excluding hydrogens is 340 g/mol. The van der Waals surface area contributed by atoms with Gasteiger partial charge in [-0.15, -0.1) is 0 Å². The Morgan fingerprint density at radius 2 is 1.72 bits per heavy atom. The number of anilines is 2. The van der Waals surface area contributed by atoms with Gasteiger partial charge in [0.1, 0.15) is 12.0 Å². The Bertz CT molecular complexity index is 743. The SMILES string of the molecule is CCc1ncnc(N2CCN(c3nccc(C(F)(F)F)n3)CC2)c1F. The Kier molecular flexibility index (Phi) is 4.69. The van der Waals surface area contributed by atoms with E-state index < -0.39 is 17.7 Å². The molecule has 134 valence electrons. The summed E-state index contributed by atoms with van der Waals surface area (Å²) in [5.41, 5.74) is -0.636. The maximum atomic E-state index is 14.3. The predicted octanol–water partition coefficient (Wildman–Crippen LogP) is 2.31. The summed E-state index contributed by atoms with van der Waals surface area (Å²) in [6.07, 6.45) is -1.64. The minimum Gasteiger partial charge on any atom is -0.351 e. The molecule has 0 spiro atoms. The van der Waals surface area contributed by atoms with E-state index in [1.807, 2.05) is 0 Å². The first-order valence-corrected chi connectivity index (χ1v) is 7.79. The Morgan fingerprint density at radius 1 is 1.04 bits per heavy atom. The van der Waals surface area contributed by atoms with E-state index in [1.165, 1.54) is 6.33 Å². The molecule has 0 atom stereocenters. The zero-order chi connectivity index (χ0) is 18.0. The molecule has 2 aromatic rings. The second-order valence-electron chi connectivity index (χ2n) is 5.53. The zero-order valence-corrected chi connectivity index (χ0v) is 13.5. The number of rotatable bonds is 3. The average molecular weight is 356 g/mol. The number of piperazine rings is 1. The largest absolute Gasteiger partial charge is 0.433 e. The highest BCUT2D eigenvalue weighted by molar-refractivity contribution is 5.44. The molecule has 0 bridgehead atoms. The van der Waals surface area contributed by atoms with Crippen LogP contribution in [0, 0.1) is 5.82 Å². The minimum absolute atomic E-state index is 0.0203. The van der Waals surface area contributed by atoms with Gasteiger partial charge in [-0.3, -0.25) is 0 Å². The highest BCUT2D eigenvalue weighted by Crippen LogP contribution is 2.28. The van der Waals surface area contributed by atoms with Gasteiger partial charge in [0, 0.05) is 32.4 Å². The fourth-order valence-corrected chi connectivity index (χ4v) is 2.64. The lowest BCUT2D eigenvalue weighted by Crippen LogP contribution is -2.48. The van der Waals surface area contributed by atoms with Gasteiger partial charge in [-0.1, -0.05) is 6.92 Å². The van der Waals surface area contributed by atoms with Gasteiger partial charge >= 0.3 is 6.18 Å². The van der Waals surface area contributed by atoms with Crippen molar-refractivity contribution in [3.8, 4) is 0 Å². The van der Waals surface area contributed by atoms with Crippen LogP contribution in [0.15, 0.2) is 18.6 Å². The topological polar surface area (TPSA) is 58.0 Å². The molecule has 1 fully saturated rings. The summed E-state index contributed by atoms with van der Waals surface area (Å²) in [5.74, 6) is -0.211. The molecule has 0 saturated carbocycles. The quantitative estimate of drug-likeness (QED) is 0.787. The van der Waals surface area contributed by atoms with Gasteiger partial charge in [-0.05, 0) is 12.5 Å². The number of nitrogens with zero attached hydrogens (tertiary/aromatic N) is 6. The van der Waals surface area contributed by atoms with Crippen LogP contribution in [-0.2, 0) is 12.6 Å². The lowest BCUT2D eigenvalue weighted by molar-refractivity contribution is -0.141. The summed E-state index contributed by atoms with van der Waals surface area (Å²) < 4.78 is 52.6. The van der Waals surface area contributed by atoms with E-state index >= 15 is 0 Å². The number of aromatic nitrogens is 4. The van der Waals surface area contributed by atoms with Crippen molar-refractivity contribution in [1.82, 2.24) is 19.9 Å². The standard InChI is InChI=1S/C15H16F4N6/c1-2-10-12(16)13(22-9-21-10)24-5-7-25(8-6-24)14-20-4-3-11(23-14)15(17,18)19/h3-4,9H,2,5-8H2,1H3. The minimum atomic E-state index is -4.51. The van der Waals surface area contributed by atoms with E-state index in [0.29, 0.717) is 38.3 Å². The third kappa shape index (κ3) is 3.62. The van der Waals surface area contributed by atoms with Crippen LogP contribution in [0.4, 0.5) is 29.3 Å². The van der Waals surface area contributed by atoms with Crippen molar-refractivity contribution in [1.29, 1.82) is 0 Å². The van der Waals surface area contributed by atoms with Crippen molar-refractivity contribution in [2.24, 2.45) is 0 Å². The highest BCUT2D eigenvalue weighted by atomic mass is 19.4. The van der Waals surface area contributed by atoms with E-state index in [-0.39, 0.29) is 11.8 Å². The number of halogens is 4. The van der Waals surface area contributed by atoms with Crippen LogP contribution in [0.1, 0.15) is 18.3 Å². The van der Waals surface area contributed by atoms with Crippen LogP contribution in [0.25, 0.3) is 0 Å².